The van der Waals surface area contributed by atoms with Gasteiger partial charge in [-0.25, -0.2) is 0 Å². The van der Waals surface area contributed by atoms with Crippen molar-refractivity contribution in [2.45, 2.75) is 52.7 Å². The Kier molecular flexibility index (Phi) is 5.69. The highest BCUT2D eigenvalue weighted by atomic mass is 16.5. The maximum Gasteiger partial charge on any atom is 0.220 e. The minimum absolute atomic E-state index is 0.0137. The molecule has 3 nitrogen and oxygen atoms in total. The molecule has 1 unspecified atom stereocenters. The van der Waals surface area contributed by atoms with Crippen LogP contribution in [0.4, 0.5) is 0 Å². The zero-order valence-corrected chi connectivity index (χ0v) is 11.7. The smallest absolute Gasteiger partial charge is 0.220 e. The van der Waals surface area contributed by atoms with E-state index in [9.17, 15) is 4.79 Å². The van der Waals surface area contributed by atoms with Gasteiger partial charge in [0.15, 0.2) is 0 Å². The van der Waals surface area contributed by atoms with E-state index in [4.69, 9.17) is 4.74 Å². The van der Waals surface area contributed by atoms with Gasteiger partial charge in [0.1, 0.15) is 5.75 Å². The number of carbonyl (C=O) groups is 1. The Balaban J connectivity index is 2.67. The summed E-state index contributed by atoms with van der Waals surface area (Å²) in [4.78, 5) is 11.5. The second kappa shape index (κ2) is 7.04. The van der Waals surface area contributed by atoms with Gasteiger partial charge in [-0.1, -0.05) is 19.1 Å². The predicted molar refractivity (Wildman–Crippen MR) is 73.7 cm³/mol. The number of nitrogens with one attached hydrogen (secondary N) is 1. The minimum Gasteiger partial charge on any atom is -0.491 e. The van der Waals surface area contributed by atoms with E-state index in [1.165, 1.54) is 0 Å². The maximum atomic E-state index is 11.5. The number of rotatable bonds is 6. The molecule has 0 spiro atoms. The summed E-state index contributed by atoms with van der Waals surface area (Å²) in [5.41, 5.74) is 1.07. The fourth-order valence-electron chi connectivity index (χ4n) is 1.75. The third kappa shape index (κ3) is 4.78. The number of amides is 1. The standard InChI is InChI=1S/C15H23NO2/c1-5-7-15(17)16-12(4)13-8-6-9-14(10-13)18-11(2)3/h6,8-12H,5,7H2,1-4H3,(H,16,17). The Bertz CT molecular complexity index is 388. The summed E-state index contributed by atoms with van der Waals surface area (Å²) in [6, 6.07) is 7.89. The van der Waals surface area contributed by atoms with E-state index in [0.717, 1.165) is 17.7 Å². The van der Waals surface area contributed by atoms with Crippen LogP contribution in [0.2, 0.25) is 0 Å². The molecule has 1 rings (SSSR count). The summed E-state index contributed by atoms with van der Waals surface area (Å²) in [6.45, 7) is 7.99. The van der Waals surface area contributed by atoms with E-state index in [-0.39, 0.29) is 18.1 Å². The molecular formula is C15H23NO2. The molecule has 0 aromatic heterocycles. The van der Waals surface area contributed by atoms with Crippen LogP contribution in [0.3, 0.4) is 0 Å². The van der Waals surface area contributed by atoms with Crippen LogP contribution in [0.5, 0.6) is 5.75 Å². The van der Waals surface area contributed by atoms with Crippen molar-refractivity contribution in [2.24, 2.45) is 0 Å². The molecule has 1 atom stereocenters. The summed E-state index contributed by atoms with van der Waals surface area (Å²) in [5.74, 6) is 0.944. The van der Waals surface area contributed by atoms with Crippen molar-refractivity contribution in [1.29, 1.82) is 0 Å². The Labute approximate surface area is 110 Å². The molecule has 0 radical (unpaired) electrons. The van der Waals surface area contributed by atoms with Crippen LogP contribution in [-0.4, -0.2) is 12.0 Å². The molecule has 0 heterocycles. The molecule has 0 saturated heterocycles. The largest absolute Gasteiger partial charge is 0.491 e. The van der Waals surface area contributed by atoms with Gasteiger partial charge in [0.2, 0.25) is 5.91 Å². The van der Waals surface area contributed by atoms with E-state index < -0.39 is 0 Å². The van der Waals surface area contributed by atoms with Crippen molar-refractivity contribution >= 4 is 5.91 Å². The van der Waals surface area contributed by atoms with Gasteiger partial charge in [-0.2, -0.15) is 0 Å². The molecule has 0 fully saturated rings. The van der Waals surface area contributed by atoms with E-state index in [1.54, 1.807) is 0 Å². The molecule has 3 heteroatoms. The van der Waals surface area contributed by atoms with Crippen molar-refractivity contribution in [3.63, 3.8) is 0 Å². The molecule has 0 bridgehead atoms. The third-order valence-electron chi connectivity index (χ3n) is 2.58. The second-order valence-electron chi connectivity index (χ2n) is 4.78. The number of hydrogen-bond donors (Lipinski definition) is 1. The summed E-state index contributed by atoms with van der Waals surface area (Å²) in [6.07, 6.45) is 1.60. The van der Waals surface area contributed by atoms with Crippen LogP contribution in [0.15, 0.2) is 24.3 Å². The van der Waals surface area contributed by atoms with Gasteiger partial charge in [-0.05, 0) is 44.9 Å². The van der Waals surface area contributed by atoms with E-state index in [0.29, 0.717) is 6.42 Å². The summed E-state index contributed by atoms with van der Waals surface area (Å²) < 4.78 is 5.64. The van der Waals surface area contributed by atoms with Gasteiger partial charge in [-0.15, -0.1) is 0 Å². The molecule has 100 valence electrons. The quantitative estimate of drug-likeness (QED) is 0.838. The number of benzene rings is 1. The third-order valence-corrected chi connectivity index (χ3v) is 2.58. The van der Waals surface area contributed by atoms with Crippen molar-refractivity contribution in [2.75, 3.05) is 0 Å². The minimum atomic E-state index is 0.0137. The summed E-state index contributed by atoms with van der Waals surface area (Å²) in [7, 11) is 0. The van der Waals surface area contributed by atoms with Gasteiger partial charge in [0, 0.05) is 6.42 Å². The summed E-state index contributed by atoms with van der Waals surface area (Å²) >= 11 is 0. The van der Waals surface area contributed by atoms with Crippen molar-refractivity contribution < 1.29 is 9.53 Å². The highest BCUT2D eigenvalue weighted by molar-refractivity contribution is 5.76. The molecule has 1 aromatic rings. The molecular weight excluding hydrogens is 226 g/mol. The number of hydrogen-bond acceptors (Lipinski definition) is 2. The maximum absolute atomic E-state index is 11.5. The number of ether oxygens (including phenoxy) is 1. The van der Waals surface area contributed by atoms with Crippen LogP contribution in [-0.2, 0) is 4.79 Å². The molecule has 18 heavy (non-hydrogen) atoms. The molecule has 0 saturated carbocycles. The normalized spacial score (nSPS) is 12.3. The lowest BCUT2D eigenvalue weighted by atomic mass is 10.1. The van der Waals surface area contributed by atoms with Gasteiger partial charge in [0.25, 0.3) is 0 Å². The average molecular weight is 249 g/mol. The molecule has 0 aliphatic carbocycles. The van der Waals surface area contributed by atoms with Gasteiger partial charge < -0.3 is 10.1 Å². The first kappa shape index (κ1) is 14.6. The Morgan fingerprint density at radius 1 is 1.33 bits per heavy atom. The second-order valence-corrected chi connectivity index (χ2v) is 4.78. The van der Waals surface area contributed by atoms with Crippen LogP contribution in [0.1, 0.15) is 52.1 Å². The molecule has 0 aliphatic heterocycles. The topological polar surface area (TPSA) is 38.3 Å². The molecule has 1 N–H and O–H groups in total. The lowest BCUT2D eigenvalue weighted by molar-refractivity contribution is -0.121. The fraction of sp³-hybridized carbons (Fsp3) is 0.533. The van der Waals surface area contributed by atoms with Crippen LogP contribution in [0.25, 0.3) is 0 Å². The Hall–Kier alpha value is -1.51. The summed E-state index contributed by atoms with van der Waals surface area (Å²) in [5, 5.41) is 2.98. The predicted octanol–water partition coefficient (Wildman–Crippen LogP) is 3.45. The zero-order chi connectivity index (χ0) is 13.5. The van der Waals surface area contributed by atoms with Gasteiger partial charge >= 0.3 is 0 Å². The van der Waals surface area contributed by atoms with Crippen molar-refractivity contribution in [3.05, 3.63) is 29.8 Å². The van der Waals surface area contributed by atoms with E-state index >= 15 is 0 Å². The first-order chi connectivity index (χ1) is 8.52. The highest BCUT2D eigenvalue weighted by Crippen LogP contribution is 2.20. The lowest BCUT2D eigenvalue weighted by Crippen LogP contribution is -2.26. The first-order valence-corrected chi connectivity index (χ1v) is 6.59. The van der Waals surface area contributed by atoms with Crippen molar-refractivity contribution in [1.82, 2.24) is 5.32 Å². The Morgan fingerprint density at radius 3 is 2.67 bits per heavy atom. The van der Waals surface area contributed by atoms with Crippen LogP contribution in [0, 0.1) is 0 Å². The Morgan fingerprint density at radius 2 is 2.06 bits per heavy atom. The number of carbonyl (C=O) groups excluding carboxylic acids is 1. The van der Waals surface area contributed by atoms with E-state index in [2.05, 4.69) is 5.32 Å². The van der Waals surface area contributed by atoms with Gasteiger partial charge in [-0.3, -0.25) is 4.79 Å². The van der Waals surface area contributed by atoms with Crippen LogP contribution >= 0.6 is 0 Å². The monoisotopic (exact) mass is 249 g/mol. The lowest BCUT2D eigenvalue weighted by Gasteiger charge is -2.16. The highest BCUT2D eigenvalue weighted by Gasteiger charge is 2.09. The fourth-order valence-corrected chi connectivity index (χ4v) is 1.75. The zero-order valence-electron chi connectivity index (χ0n) is 11.7. The SMILES string of the molecule is CCCC(=O)NC(C)c1cccc(OC(C)C)c1. The molecule has 1 aromatic carbocycles. The molecule has 0 aliphatic rings. The average Bonchev–Trinajstić information content (AvgIpc) is 2.28. The van der Waals surface area contributed by atoms with Crippen LogP contribution < -0.4 is 10.1 Å². The van der Waals surface area contributed by atoms with E-state index in [1.807, 2.05) is 52.0 Å². The van der Waals surface area contributed by atoms with Crippen molar-refractivity contribution in [3.8, 4) is 5.75 Å². The molecule has 1 amide bonds. The first-order valence-electron chi connectivity index (χ1n) is 6.59. The van der Waals surface area contributed by atoms with Gasteiger partial charge in [0.05, 0.1) is 12.1 Å².